The molecule has 0 saturated carbocycles. The van der Waals surface area contributed by atoms with Crippen LogP contribution in [0.5, 0.6) is 0 Å². The van der Waals surface area contributed by atoms with Gasteiger partial charge in [0.15, 0.2) is 0 Å². The maximum absolute atomic E-state index is 11.7. The molecule has 1 amide bonds. The summed E-state index contributed by atoms with van der Waals surface area (Å²) in [6.45, 7) is 0.492. The summed E-state index contributed by atoms with van der Waals surface area (Å²) in [6.07, 6.45) is 8.67. The topological polar surface area (TPSA) is 42.2 Å². The monoisotopic (exact) mass is 205 g/mol. The van der Waals surface area contributed by atoms with E-state index in [-0.39, 0.29) is 11.8 Å². The molecular weight excluding hydrogens is 190 g/mol. The molecule has 2 rings (SSSR count). The van der Waals surface area contributed by atoms with Gasteiger partial charge in [-0.15, -0.1) is 0 Å². The molecular formula is C12H15NO2. The predicted molar refractivity (Wildman–Crippen MR) is 57.0 cm³/mol. The molecule has 1 atom stereocenters. The minimum absolute atomic E-state index is 0.135. The Labute approximate surface area is 89.2 Å². The van der Waals surface area contributed by atoms with Crippen molar-refractivity contribution in [3.8, 4) is 0 Å². The Morgan fingerprint density at radius 2 is 2.47 bits per heavy atom. The van der Waals surface area contributed by atoms with Gasteiger partial charge in [-0.25, -0.2) is 0 Å². The lowest BCUT2D eigenvalue weighted by atomic mass is 9.94. The minimum Gasteiger partial charge on any atom is -0.467 e. The highest BCUT2D eigenvalue weighted by Gasteiger charge is 2.18. The Kier molecular flexibility index (Phi) is 3.22. The van der Waals surface area contributed by atoms with Gasteiger partial charge in [0.25, 0.3) is 0 Å². The fraction of sp³-hybridized carbons (Fsp3) is 0.417. The van der Waals surface area contributed by atoms with Crippen molar-refractivity contribution in [3.63, 3.8) is 0 Å². The van der Waals surface area contributed by atoms with E-state index < -0.39 is 0 Å². The molecule has 0 unspecified atom stereocenters. The summed E-state index contributed by atoms with van der Waals surface area (Å²) in [5.74, 6) is 1.08. The van der Waals surface area contributed by atoms with Gasteiger partial charge in [0, 0.05) is 5.92 Å². The van der Waals surface area contributed by atoms with Crippen LogP contribution in [0.4, 0.5) is 0 Å². The summed E-state index contributed by atoms with van der Waals surface area (Å²) in [5, 5.41) is 2.89. The molecule has 3 heteroatoms. The van der Waals surface area contributed by atoms with Crippen LogP contribution in [0.3, 0.4) is 0 Å². The van der Waals surface area contributed by atoms with Gasteiger partial charge < -0.3 is 9.73 Å². The second kappa shape index (κ2) is 4.82. The molecule has 80 valence electrons. The molecule has 1 aromatic heterocycles. The quantitative estimate of drug-likeness (QED) is 0.769. The van der Waals surface area contributed by atoms with Crippen LogP contribution in [0.25, 0.3) is 0 Å². The van der Waals surface area contributed by atoms with Crippen molar-refractivity contribution in [1.29, 1.82) is 0 Å². The minimum atomic E-state index is 0.135. The van der Waals surface area contributed by atoms with Crippen LogP contribution in [0, 0.1) is 5.92 Å². The Bertz CT molecular complexity index is 341. The van der Waals surface area contributed by atoms with Crippen LogP contribution >= 0.6 is 0 Å². The number of allylic oxidation sites excluding steroid dienone is 2. The predicted octanol–water partition coefficient (Wildman–Crippen LogP) is 2.25. The largest absolute Gasteiger partial charge is 0.467 e. The number of hydrogen-bond donors (Lipinski definition) is 1. The molecule has 15 heavy (non-hydrogen) atoms. The van der Waals surface area contributed by atoms with Crippen LogP contribution in [0.2, 0.25) is 0 Å². The molecule has 3 nitrogen and oxygen atoms in total. The fourth-order valence-electron chi connectivity index (χ4n) is 1.76. The first-order chi connectivity index (χ1) is 7.36. The van der Waals surface area contributed by atoms with E-state index in [0.29, 0.717) is 6.54 Å². The smallest absolute Gasteiger partial charge is 0.223 e. The Morgan fingerprint density at radius 3 is 3.13 bits per heavy atom. The zero-order chi connectivity index (χ0) is 10.5. The zero-order valence-corrected chi connectivity index (χ0v) is 8.61. The molecule has 1 aromatic rings. The lowest BCUT2D eigenvalue weighted by Crippen LogP contribution is -2.30. The van der Waals surface area contributed by atoms with E-state index in [1.807, 2.05) is 12.1 Å². The van der Waals surface area contributed by atoms with E-state index in [0.717, 1.165) is 25.0 Å². The van der Waals surface area contributed by atoms with Crippen molar-refractivity contribution in [1.82, 2.24) is 5.32 Å². The number of hydrogen-bond acceptors (Lipinski definition) is 2. The van der Waals surface area contributed by atoms with Gasteiger partial charge in [0.1, 0.15) is 5.76 Å². The van der Waals surface area contributed by atoms with Gasteiger partial charge >= 0.3 is 0 Å². The molecule has 0 spiro atoms. The van der Waals surface area contributed by atoms with Crippen molar-refractivity contribution >= 4 is 5.91 Å². The molecule has 0 bridgehead atoms. The van der Waals surface area contributed by atoms with Gasteiger partial charge in [0.2, 0.25) is 5.91 Å². The van der Waals surface area contributed by atoms with E-state index in [1.54, 1.807) is 6.26 Å². The molecule has 0 saturated heterocycles. The van der Waals surface area contributed by atoms with Gasteiger partial charge in [-0.3, -0.25) is 4.79 Å². The number of furan rings is 1. The van der Waals surface area contributed by atoms with Crippen LogP contribution < -0.4 is 5.32 Å². The third-order valence-electron chi connectivity index (χ3n) is 2.66. The summed E-state index contributed by atoms with van der Waals surface area (Å²) in [5.41, 5.74) is 0. The first-order valence-electron chi connectivity index (χ1n) is 5.31. The second-order valence-corrected chi connectivity index (χ2v) is 3.78. The van der Waals surface area contributed by atoms with Crippen LogP contribution in [0.15, 0.2) is 35.0 Å². The van der Waals surface area contributed by atoms with E-state index in [4.69, 9.17) is 4.42 Å². The fourth-order valence-corrected chi connectivity index (χ4v) is 1.76. The van der Waals surface area contributed by atoms with Crippen molar-refractivity contribution in [3.05, 3.63) is 36.3 Å². The van der Waals surface area contributed by atoms with Gasteiger partial charge in [0.05, 0.1) is 12.8 Å². The number of rotatable bonds is 3. The second-order valence-electron chi connectivity index (χ2n) is 3.78. The van der Waals surface area contributed by atoms with Crippen LogP contribution in [-0.4, -0.2) is 5.91 Å². The zero-order valence-electron chi connectivity index (χ0n) is 8.61. The highest BCUT2D eigenvalue weighted by Crippen LogP contribution is 2.18. The normalized spacial score (nSPS) is 20.1. The number of amides is 1. The molecule has 1 N–H and O–H groups in total. The maximum atomic E-state index is 11.7. The van der Waals surface area contributed by atoms with Gasteiger partial charge in [-0.1, -0.05) is 12.2 Å². The van der Waals surface area contributed by atoms with Gasteiger partial charge in [-0.2, -0.15) is 0 Å². The van der Waals surface area contributed by atoms with E-state index >= 15 is 0 Å². The molecule has 0 radical (unpaired) electrons. The van der Waals surface area contributed by atoms with Gasteiger partial charge in [-0.05, 0) is 31.4 Å². The van der Waals surface area contributed by atoms with Crippen molar-refractivity contribution in [2.24, 2.45) is 5.92 Å². The third-order valence-corrected chi connectivity index (χ3v) is 2.66. The van der Waals surface area contributed by atoms with E-state index in [2.05, 4.69) is 17.5 Å². The first kappa shape index (κ1) is 10.0. The summed E-state index contributed by atoms with van der Waals surface area (Å²) in [7, 11) is 0. The van der Waals surface area contributed by atoms with E-state index in [9.17, 15) is 4.79 Å². The Balaban J connectivity index is 1.79. The number of carbonyl (C=O) groups is 1. The Hall–Kier alpha value is -1.51. The summed E-state index contributed by atoms with van der Waals surface area (Å²) >= 11 is 0. The van der Waals surface area contributed by atoms with E-state index in [1.165, 1.54) is 0 Å². The maximum Gasteiger partial charge on any atom is 0.223 e. The molecule has 0 aliphatic heterocycles. The summed E-state index contributed by atoms with van der Waals surface area (Å²) < 4.78 is 5.14. The average Bonchev–Trinajstić information content (AvgIpc) is 2.80. The van der Waals surface area contributed by atoms with Crippen molar-refractivity contribution < 1.29 is 9.21 Å². The molecule has 0 fully saturated rings. The standard InChI is InChI=1S/C12H15NO2/c14-12(10-5-2-1-3-6-10)13-9-11-7-4-8-15-11/h1-2,4,7-8,10H,3,5-6,9H2,(H,13,14)/t10-/m1/s1. The lowest BCUT2D eigenvalue weighted by molar-refractivity contribution is -0.125. The molecule has 0 aromatic carbocycles. The highest BCUT2D eigenvalue weighted by atomic mass is 16.3. The molecule has 1 aliphatic carbocycles. The summed E-state index contributed by atoms with van der Waals surface area (Å²) in [6, 6.07) is 3.69. The first-order valence-corrected chi connectivity index (χ1v) is 5.31. The SMILES string of the molecule is O=C(NCc1ccco1)[C@@H]1CC=CCC1. The number of nitrogens with one attached hydrogen (secondary N) is 1. The van der Waals surface area contributed by atoms with Crippen molar-refractivity contribution in [2.45, 2.75) is 25.8 Å². The van der Waals surface area contributed by atoms with Crippen molar-refractivity contribution in [2.75, 3.05) is 0 Å². The third kappa shape index (κ3) is 2.72. The highest BCUT2D eigenvalue weighted by molar-refractivity contribution is 5.78. The van der Waals surface area contributed by atoms with Crippen LogP contribution in [0.1, 0.15) is 25.0 Å². The average molecular weight is 205 g/mol. The number of carbonyl (C=O) groups excluding carboxylic acids is 1. The van der Waals surface area contributed by atoms with Crippen LogP contribution in [-0.2, 0) is 11.3 Å². The Morgan fingerprint density at radius 1 is 1.53 bits per heavy atom. The lowest BCUT2D eigenvalue weighted by Gasteiger charge is -2.16. The molecule has 1 aliphatic rings. The molecule has 1 heterocycles. The summed E-state index contributed by atoms with van der Waals surface area (Å²) in [4.78, 5) is 11.7.